The molecule has 7 nitrogen and oxygen atoms in total. The smallest absolute Gasteiger partial charge is 0.231 e. The summed E-state index contributed by atoms with van der Waals surface area (Å²) < 4.78 is 33.9. The Morgan fingerprint density at radius 2 is 1.43 bits per heavy atom. The highest BCUT2D eigenvalue weighted by Gasteiger charge is 2.41. The third-order valence-electron chi connectivity index (χ3n) is 8.08. The first-order valence-corrected chi connectivity index (χ1v) is 18.0. The fourth-order valence-corrected chi connectivity index (χ4v) is 7.23. The Hall–Kier alpha value is -3.24. The molecular formula is C31H38N4O3SSi. The number of fused-ring (bicyclic) bond motifs is 1. The summed E-state index contributed by atoms with van der Waals surface area (Å²) >= 11 is 0. The number of ether oxygens (including phenoxy) is 1. The third-order valence-corrected chi connectivity index (χ3v) is 14.0. The van der Waals surface area contributed by atoms with Gasteiger partial charge in [-0.15, -0.1) is 0 Å². The molecule has 2 unspecified atom stereocenters. The zero-order valence-corrected chi connectivity index (χ0v) is 25.6. The van der Waals surface area contributed by atoms with E-state index in [0.29, 0.717) is 19.1 Å². The lowest BCUT2D eigenvalue weighted by Gasteiger charge is -2.36. The molecule has 1 aliphatic rings. The number of hydrogen-bond donors (Lipinski definition) is 1. The lowest BCUT2D eigenvalue weighted by Crippen LogP contribution is -2.42. The van der Waals surface area contributed by atoms with Crippen molar-refractivity contribution in [3.8, 4) is 5.88 Å². The molecule has 5 rings (SSSR count). The van der Waals surface area contributed by atoms with Crippen molar-refractivity contribution < 1.29 is 13.4 Å². The van der Waals surface area contributed by atoms with Crippen molar-refractivity contribution >= 4 is 18.2 Å². The molecule has 4 aromatic rings. The van der Waals surface area contributed by atoms with Crippen LogP contribution in [0.4, 0.5) is 0 Å². The van der Waals surface area contributed by atoms with Crippen molar-refractivity contribution in [3.05, 3.63) is 114 Å². The van der Waals surface area contributed by atoms with Crippen LogP contribution in [-0.2, 0) is 19.9 Å². The second kappa shape index (κ2) is 10.6. The van der Waals surface area contributed by atoms with Crippen molar-refractivity contribution in [2.24, 2.45) is 9.50 Å². The zero-order valence-electron chi connectivity index (χ0n) is 23.8. The second-order valence-corrected chi connectivity index (χ2v) is 18.3. The van der Waals surface area contributed by atoms with Crippen LogP contribution >= 0.6 is 0 Å². The van der Waals surface area contributed by atoms with Crippen LogP contribution in [0.1, 0.15) is 43.5 Å². The van der Waals surface area contributed by atoms with Gasteiger partial charge in [0.15, 0.2) is 8.32 Å². The number of aromatic nitrogens is 2. The average Bonchev–Trinajstić information content (AvgIpc) is 3.54. The molecule has 2 atom stereocenters. The van der Waals surface area contributed by atoms with Crippen molar-refractivity contribution in [3.63, 3.8) is 0 Å². The summed E-state index contributed by atoms with van der Waals surface area (Å²) in [5, 5.41) is 11.4. The minimum absolute atomic E-state index is 0.0880. The van der Waals surface area contributed by atoms with Gasteiger partial charge in [0.05, 0.1) is 12.8 Å². The van der Waals surface area contributed by atoms with E-state index in [9.17, 15) is 4.21 Å². The molecule has 1 aliphatic heterocycles. The van der Waals surface area contributed by atoms with E-state index in [4.69, 9.17) is 18.7 Å². The van der Waals surface area contributed by atoms with Gasteiger partial charge < -0.3 is 9.16 Å². The summed E-state index contributed by atoms with van der Waals surface area (Å²) in [7, 11) is -5.46. The molecule has 0 saturated heterocycles. The molecule has 0 fully saturated rings. The van der Waals surface area contributed by atoms with Gasteiger partial charge in [-0.1, -0.05) is 112 Å². The van der Waals surface area contributed by atoms with E-state index in [1.165, 1.54) is 6.20 Å². The minimum Gasteiger partial charge on any atom is -0.475 e. The van der Waals surface area contributed by atoms with E-state index in [2.05, 4.69) is 39.0 Å². The normalized spacial score (nSPS) is 17.1. The molecule has 9 heteroatoms. The van der Waals surface area contributed by atoms with Gasteiger partial charge in [0.2, 0.25) is 5.88 Å². The maximum atomic E-state index is 14.6. The Labute approximate surface area is 238 Å². The number of benzene rings is 3. The topological polar surface area (TPSA) is 91.7 Å². The number of nitrogens with two attached hydrogens (primary N) is 1. The van der Waals surface area contributed by atoms with Crippen LogP contribution in [0.2, 0.25) is 18.1 Å². The Bertz CT molecular complexity index is 1480. The molecule has 3 aromatic carbocycles. The average molecular weight is 575 g/mol. The number of hydrogen-bond acceptors (Lipinski definition) is 5. The van der Waals surface area contributed by atoms with E-state index in [1.807, 2.05) is 91.0 Å². The molecule has 2 heterocycles. The molecule has 0 bridgehead atoms. The van der Waals surface area contributed by atoms with E-state index < -0.39 is 23.8 Å². The molecule has 0 spiro atoms. The molecule has 0 aliphatic carbocycles. The Morgan fingerprint density at radius 3 is 1.88 bits per heavy atom. The van der Waals surface area contributed by atoms with Crippen molar-refractivity contribution in [1.82, 2.24) is 9.78 Å². The minimum atomic E-state index is -3.50. The summed E-state index contributed by atoms with van der Waals surface area (Å²) in [6.07, 6.45) is 1.53. The Morgan fingerprint density at radius 1 is 0.950 bits per heavy atom. The Kier molecular flexibility index (Phi) is 7.52. The number of rotatable bonds is 8. The monoisotopic (exact) mass is 574 g/mol. The first-order valence-electron chi connectivity index (χ1n) is 13.5. The molecule has 210 valence electrons. The highest BCUT2D eigenvalue weighted by atomic mass is 32.2. The van der Waals surface area contributed by atoms with Gasteiger partial charge in [0, 0.05) is 0 Å². The van der Waals surface area contributed by atoms with E-state index in [0.717, 1.165) is 16.7 Å². The van der Waals surface area contributed by atoms with Gasteiger partial charge in [0.25, 0.3) is 0 Å². The molecule has 1 aromatic heterocycles. The van der Waals surface area contributed by atoms with Crippen molar-refractivity contribution in [2.45, 2.75) is 55.4 Å². The van der Waals surface area contributed by atoms with E-state index >= 15 is 0 Å². The quantitative estimate of drug-likeness (QED) is 0.191. The SMILES string of the molecule is CC(C)(C)[Si](C)(C)OCC1COc2c(S(N)(=O)=NC(c3ccccc3)(c3ccccc3)c3ccccc3)cnn21. The van der Waals surface area contributed by atoms with Gasteiger partial charge in [0.1, 0.15) is 33.0 Å². The molecule has 0 radical (unpaired) electrons. The van der Waals surface area contributed by atoms with Gasteiger partial charge >= 0.3 is 0 Å². The molecule has 40 heavy (non-hydrogen) atoms. The zero-order chi connectivity index (χ0) is 28.6. The van der Waals surface area contributed by atoms with Crippen LogP contribution in [0.25, 0.3) is 0 Å². The largest absolute Gasteiger partial charge is 0.475 e. The maximum absolute atomic E-state index is 14.6. The van der Waals surface area contributed by atoms with Crippen LogP contribution in [0.5, 0.6) is 5.88 Å². The Balaban J connectivity index is 1.63. The van der Waals surface area contributed by atoms with Crippen LogP contribution in [0.15, 0.2) is 106 Å². The standard InChI is InChI=1S/C31H38N4O3SSi/c1-30(2,3)40(4,5)38-23-27-22-37-29-28(21-33-35(27)29)39(32,36)34-31(24-15-9-6-10-16-24,25-17-11-7-12-18-25)26-19-13-8-14-20-26/h6-21,27H,22-23H2,1-5H3,(H2,32,34,36). The fraction of sp³-hybridized carbons (Fsp3) is 0.323. The number of nitrogens with zero attached hydrogens (tertiary/aromatic N) is 3. The molecule has 0 saturated carbocycles. The predicted octanol–water partition coefficient (Wildman–Crippen LogP) is 6.53. The van der Waals surface area contributed by atoms with E-state index in [1.54, 1.807) is 4.68 Å². The predicted molar refractivity (Wildman–Crippen MR) is 162 cm³/mol. The third kappa shape index (κ3) is 5.14. The summed E-state index contributed by atoms with van der Waals surface area (Å²) in [5.41, 5.74) is 1.44. The van der Waals surface area contributed by atoms with Crippen LogP contribution in [-0.4, -0.2) is 35.5 Å². The van der Waals surface area contributed by atoms with E-state index in [-0.39, 0.29) is 16.0 Å². The van der Waals surface area contributed by atoms with Crippen molar-refractivity contribution in [2.75, 3.05) is 13.2 Å². The first-order chi connectivity index (χ1) is 19.0. The lowest BCUT2D eigenvalue weighted by atomic mass is 9.78. The van der Waals surface area contributed by atoms with Gasteiger partial charge in [-0.05, 0) is 34.8 Å². The summed E-state index contributed by atoms with van der Waals surface area (Å²) in [6.45, 7) is 11.9. The maximum Gasteiger partial charge on any atom is 0.231 e. The summed E-state index contributed by atoms with van der Waals surface area (Å²) in [5.74, 6) is 0.392. The fourth-order valence-electron chi connectivity index (χ4n) is 4.77. The summed E-state index contributed by atoms with van der Waals surface area (Å²) in [6, 6.07) is 29.4. The highest BCUT2D eigenvalue weighted by Crippen LogP contribution is 2.43. The summed E-state index contributed by atoms with van der Waals surface area (Å²) in [4.78, 5) is 0.287. The highest BCUT2D eigenvalue weighted by molar-refractivity contribution is 7.91. The van der Waals surface area contributed by atoms with Gasteiger partial charge in [-0.3, -0.25) is 0 Å². The van der Waals surface area contributed by atoms with Crippen LogP contribution in [0, 0.1) is 0 Å². The lowest BCUT2D eigenvalue weighted by molar-refractivity contribution is 0.208. The van der Waals surface area contributed by atoms with Crippen LogP contribution < -0.4 is 9.88 Å². The van der Waals surface area contributed by atoms with Crippen LogP contribution in [0.3, 0.4) is 0 Å². The first kappa shape index (κ1) is 28.3. The van der Waals surface area contributed by atoms with Gasteiger partial charge in [-0.2, -0.15) is 9.46 Å². The second-order valence-electron chi connectivity index (χ2n) is 11.8. The van der Waals surface area contributed by atoms with Gasteiger partial charge in [-0.25, -0.2) is 14.0 Å². The molecule has 2 N–H and O–H groups in total. The van der Waals surface area contributed by atoms with Crippen molar-refractivity contribution in [1.29, 1.82) is 0 Å². The molecule has 0 amide bonds. The molecular weight excluding hydrogens is 537 g/mol.